The summed E-state index contributed by atoms with van der Waals surface area (Å²) in [4.78, 5) is 2.16. The summed E-state index contributed by atoms with van der Waals surface area (Å²) < 4.78 is 5.72. The maximum Gasteiger partial charge on any atom is 0.247 e. The Labute approximate surface area is 141 Å². The summed E-state index contributed by atoms with van der Waals surface area (Å²) >= 11 is 0. The van der Waals surface area contributed by atoms with Crippen LogP contribution in [0, 0.1) is 11.3 Å². The van der Waals surface area contributed by atoms with Gasteiger partial charge in [0, 0.05) is 12.1 Å². The Hall–Kier alpha value is -2.97. The summed E-state index contributed by atoms with van der Waals surface area (Å²) in [6.45, 7) is 1.52. The Balaban J connectivity index is 1.58. The lowest BCUT2D eigenvalue weighted by Gasteiger charge is -2.13. The van der Waals surface area contributed by atoms with Crippen LogP contribution in [-0.4, -0.2) is 28.7 Å². The number of rotatable bonds is 6. The van der Waals surface area contributed by atoms with Gasteiger partial charge < -0.3 is 4.42 Å². The maximum atomic E-state index is 8.83. The van der Waals surface area contributed by atoms with Gasteiger partial charge in [0.2, 0.25) is 11.8 Å². The summed E-state index contributed by atoms with van der Waals surface area (Å²) in [6, 6.07) is 19.6. The molecule has 1 aromatic heterocycles. The zero-order valence-corrected chi connectivity index (χ0v) is 13.5. The highest BCUT2D eigenvalue weighted by atomic mass is 16.4. The fourth-order valence-electron chi connectivity index (χ4n) is 2.40. The Kier molecular flexibility index (Phi) is 4.99. The van der Waals surface area contributed by atoms with E-state index in [0.29, 0.717) is 23.9 Å². The molecule has 0 fully saturated rings. The van der Waals surface area contributed by atoms with Crippen LogP contribution in [0.5, 0.6) is 0 Å². The minimum Gasteiger partial charge on any atom is -0.419 e. The molecule has 2 aromatic carbocycles. The van der Waals surface area contributed by atoms with Crippen LogP contribution < -0.4 is 0 Å². The van der Waals surface area contributed by atoms with Gasteiger partial charge in [0.25, 0.3) is 0 Å². The molecule has 0 aliphatic carbocycles. The van der Waals surface area contributed by atoms with Gasteiger partial charge in [-0.2, -0.15) is 5.26 Å². The van der Waals surface area contributed by atoms with Crippen molar-refractivity contribution in [1.29, 1.82) is 5.26 Å². The third kappa shape index (κ3) is 4.06. The van der Waals surface area contributed by atoms with Crippen LogP contribution in [0.25, 0.3) is 11.5 Å². The Morgan fingerprint density at radius 2 is 1.79 bits per heavy atom. The zero-order chi connectivity index (χ0) is 16.8. The molecule has 0 N–H and O–H groups in total. The van der Waals surface area contributed by atoms with Gasteiger partial charge in [-0.3, -0.25) is 4.90 Å². The van der Waals surface area contributed by atoms with E-state index in [1.54, 1.807) is 12.1 Å². The van der Waals surface area contributed by atoms with E-state index in [0.717, 1.165) is 18.5 Å². The zero-order valence-electron chi connectivity index (χ0n) is 13.5. The second-order valence-corrected chi connectivity index (χ2v) is 5.66. The molecule has 0 aliphatic heterocycles. The van der Waals surface area contributed by atoms with Crippen molar-refractivity contribution in [3.8, 4) is 17.5 Å². The molecule has 0 saturated heterocycles. The van der Waals surface area contributed by atoms with Crippen molar-refractivity contribution in [3.63, 3.8) is 0 Å². The molecule has 3 rings (SSSR count). The molecule has 0 saturated carbocycles. The second-order valence-electron chi connectivity index (χ2n) is 5.66. The average Bonchev–Trinajstić information content (AvgIpc) is 3.09. The summed E-state index contributed by atoms with van der Waals surface area (Å²) in [6.07, 6.45) is 0.980. The third-order valence-electron chi connectivity index (χ3n) is 3.76. The van der Waals surface area contributed by atoms with Gasteiger partial charge in [-0.15, -0.1) is 10.2 Å². The van der Waals surface area contributed by atoms with E-state index in [2.05, 4.69) is 45.4 Å². The predicted octanol–water partition coefficient (Wildman–Crippen LogP) is 3.28. The first kappa shape index (κ1) is 15.9. The molecular formula is C19H18N4O. The van der Waals surface area contributed by atoms with Crippen LogP contribution in [0.4, 0.5) is 0 Å². The molecule has 0 spiro atoms. The highest BCUT2D eigenvalue weighted by Gasteiger charge is 2.10. The van der Waals surface area contributed by atoms with Crippen LogP contribution in [0.3, 0.4) is 0 Å². The van der Waals surface area contributed by atoms with Crippen molar-refractivity contribution in [2.75, 3.05) is 13.6 Å². The first-order chi connectivity index (χ1) is 11.7. The van der Waals surface area contributed by atoms with Crippen LogP contribution in [0.15, 0.2) is 59.0 Å². The molecular weight excluding hydrogens is 300 g/mol. The van der Waals surface area contributed by atoms with Gasteiger partial charge in [0.05, 0.1) is 18.2 Å². The number of nitrogens with zero attached hydrogens (tertiary/aromatic N) is 4. The minimum atomic E-state index is 0.478. The Morgan fingerprint density at radius 3 is 2.50 bits per heavy atom. The fourth-order valence-corrected chi connectivity index (χ4v) is 2.40. The van der Waals surface area contributed by atoms with Gasteiger partial charge in [-0.1, -0.05) is 30.3 Å². The Morgan fingerprint density at radius 1 is 1.04 bits per heavy atom. The number of hydrogen-bond donors (Lipinski definition) is 0. The van der Waals surface area contributed by atoms with E-state index in [4.69, 9.17) is 9.68 Å². The van der Waals surface area contributed by atoms with Gasteiger partial charge >= 0.3 is 0 Å². The van der Waals surface area contributed by atoms with Crippen molar-refractivity contribution in [2.24, 2.45) is 0 Å². The summed E-state index contributed by atoms with van der Waals surface area (Å²) in [7, 11) is 2.04. The van der Waals surface area contributed by atoms with E-state index in [1.165, 1.54) is 5.56 Å². The van der Waals surface area contributed by atoms with E-state index >= 15 is 0 Å². The van der Waals surface area contributed by atoms with E-state index in [-0.39, 0.29) is 0 Å². The van der Waals surface area contributed by atoms with Crippen LogP contribution in [0.2, 0.25) is 0 Å². The number of likely N-dealkylation sites (N-methyl/N-ethyl adjacent to an activating group) is 1. The molecule has 0 atom stereocenters. The fraction of sp³-hybridized carbons (Fsp3) is 0.211. The van der Waals surface area contributed by atoms with Crippen molar-refractivity contribution in [1.82, 2.24) is 15.1 Å². The lowest BCUT2D eigenvalue weighted by atomic mass is 10.1. The van der Waals surface area contributed by atoms with Crippen LogP contribution in [0.1, 0.15) is 17.0 Å². The minimum absolute atomic E-state index is 0.478. The first-order valence-electron chi connectivity index (χ1n) is 7.80. The standard InChI is InChI=1S/C19H18N4O/c1-23(12-11-15-5-3-2-4-6-15)14-18-21-22-19(24-18)17-9-7-16(13-20)8-10-17/h2-10H,11-12,14H2,1H3. The lowest BCUT2D eigenvalue weighted by molar-refractivity contribution is 0.293. The molecule has 0 bridgehead atoms. The average molecular weight is 318 g/mol. The molecule has 0 radical (unpaired) electrons. The lowest BCUT2D eigenvalue weighted by Crippen LogP contribution is -2.20. The van der Waals surface area contributed by atoms with Gasteiger partial charge in [-0.05, 0) is 43.3 Å². The summed E-state index contributed by atoms with van der Waals surface area (Å²) in [5.41, 5.74) is 2.74. The smallest absolute Gasteiger partial charge is 0.247 e. The van der Waals surface area contributed by atoms with Gasteiger partial charge in [0.15, 0.2) is 0 Å². The number of benzene rings is 2. The topological polar surface area (TPSA) is 66.0 Å². The van der Waals surface area contributed by atoms with Crippen molar-refractivity contribution < 1.29 is 4.42 Å². The third-order valence-corrected chi connectivity index (χ3v) is 3.76. The van der Waals surface area contributed by atoms with Crippen LogP contribution >= 0.6 is 0 Å². The molecule has 5 nitrogen and oxygen atoms in total. The molecule has 3 aromatic rings. The highest BCUT2D eigenvalue weighted by Crippen LogP contribution is 2.18. The largest absolute Gasteiger partial charge is 0.419 e. The molecule has 24 heavy (non-hydrogen) atoms. The van der Waals surface area contributed by atoms with E-state index < -0.39 is 0 Å². The normalized spacial score (nSPS) is 10.7. The Bertz CT molecular complexity index is 819. The molecule has 120 valence electrons. The van der Waals surface area contributed by atoms with Crippen molar-refractivity contribution >= 4 is 0 Å². The predicted molar refractivity (Wildman–Crippen MR) is 90.9 cm³/mol. The van der Waals surface area contributed by atoms with Crippen molar-refractivity contribution in [2.45, 2.75) is 13.0 Å². The summed E-state index contributed by atoms with van der Waals surface area (Å²) in [5, 5.41) is 17.0. The van der Waals surface area contributed by atoms with Crippen molar-refractivity contribution in [3.05, 3.63) is 71.6 Å². The molecule has 0 aliphatic rings. The first-order valence-corrected chi connectivity index (χ1v) is 7.80. The molecule has 5 heteroatoms. The quantitative estimate of drug-likeness (QED) is 0.698. The molecule has 0 amide bonds. The van der Waals surface area contributed by atoms with Crippen LogP contribution in [-0.2, 0) is 13.0 Å². The molecule has 0 unspecified atom stereocenters. The number of aromatic nitrogens is 2. The number of nitriles is 1. The highest BCUT2D eigenvalue weighted by molar-refractivity contribution is 5.54. The second kappa shape index (κ2) is 7.53. The van der Waals surface area contributed by atoms with E-state index in [1.807, 2.05) is 25.2 Å². The van der Waals surface area contributed by atoms with E-state index in [9.17, 15) is 0 Å². The SMILES string of the molecule is CN(CCc1ccccc1)Cc1nnc(-c2ccc(C#N)cc2)o1. The maximum absolute atomic E-state index is 8.83. The van der Waals surface area contributed by atoms with Gasteiger partial charge in [-0.25, -0.2) is 0 Å². The summed E-state index contributed by atoms with van der Waals surface area (Å²) in [5.74, 6) is 1.07. The van der Waals surface area contributed by atoms with Gasteiger partial charge in [0.1, 0.15) is 0 Å². The number of hydrogen-bond acceptors (Lipinski definition) is 5. The monoisotopic (exact) mass is 318 g/mol. The molecule has 1 heterocycles.